The van der Waals surface area contributed by atoms with Crippen molar-refractivity contribution in [3.63, 3.8) is 0 Å². The molecule has 1 fully saturated rings. The summed E-state index contributed by atoms with van der Waals surface area (Å²) < 4.78 is 63.2. The number of benzene rings is 2. The predicted octanol–water partition coefficient (Wildman–Crippen LogP) is 4.37. The molecule has 8 heteroatoms. The molecule has 0 amide bonds. The highest BCUT2D eigenvalue weighted by Crippen LogP contribution is 2.32. The van der Waals surface area contributed by atoms with Crippen LogP contribution in [0.25, 0.3) is 0 Å². The van der Waals surface area contributed by atoms with E-state index in [4.69, 9.17) is 9.47 Å². The van der Waals surface area contributed by atoms with Gasteiger partial charge in [-0.3, -0.25) is 0 Å². The Labute approximate surface area is 154 Å². The van der Waals surface area contributed by atoms with Gasteiger partial charge >= 0.3 is 6.18 Å². The maximum Gasteiger partial charge on any atom is 0.416 e. The molecule has 0 aliphatic carbocycles. The van der Waals surface area contributed by atoms with Crippen molar-refractivity contribution in [1.29, 1.82) is 0 Å². The van der Waals surface area contributed by atoms with Crippen molar-refractivity contribution in [2.45, 2.75) is 18.4 Å². The zero-order valence-electron chi connectivity index (χ0n) is 13.6. The summed E-state index contributed by atoms with van der Waals surface area (Å²) in [4.78, 5) is 0. The Hall–Kier alpha value is -1.83. The molecule has 1 unspecified atom stereocenters. The Morgan fingerprint density at radius 2 is 1.85 bits per heavy atom. The number of nitrogens with one attached hydrogen (secondary N) is 1. The topological polar surface area (TPSA) is 30.5 Å². The van der Waals surface area contributed by atoms with Crippen LogP contribution in [0.1, 0.15) is 17.2 Å². The summed E-state index contributed by atoms with van der Waals surface area (Å²) >= 11 is 0. The lowest BCUT2D eigenvalue weighted by atomic mass is 10.0. The van der Waals surface area contributed by atoms with Crippen molar-refractivity contribution in [3.05, 3.63) is 65.5 Å². The second-order valence-corrected chi connectivity index (χ2v) is 5.73. The maximum atomic E-state index is 13.6. The molecule has 142 valence electrons. The Morgan fingerprint density at radius 1 is 1.12 bits per heavy atom. The Kier molecular flexibility index (Phi) is 6.86. The second-order valence-electron chi connectivity index (χ2n) is 5.73. The molecule has 1 aliphatic heterocycles. The van der Waals surface area contributed by atoms with Gasteiger partial charge in [-0.2, -0.15) is 13.2 Å². The van der Waals surface area contributed by atoms with E-state index < -0.39 is 23.7 Å². The third-order valence-corrected chi connectivity index (χ3v) is 3.92. The molecule has 3 nitrogen and oxygen atoms in total. The first kappa shape index (κ1) is 20.5. The van der Waals surface area contributed by atoms with Gasteiger partial charge in [0.1, 0.15) is 17.7 Å². The molecular formula is C18H18ClF4NO2. The van der Waals surface area contributed by atoms with Crippen molar-refractivity contribution >= 4 is 12.4 Å². The molecule has 1 heterocycles. The highest BCUT2D eigenvalue weighted by molar-refractivity contribution is 5.85. The third-order valence-electron chi connectivity index (χ3n) is 3.92. The minimum atomic E-state index is -4.41. The smallest absolute Gasteiger partial charge is 0.416 e. The summed E-state index contributed by atoms with van der Waals surface area (Å²) in [5, 5.41) is 3.17. The van der Waals surface area contributed by atoms with E-state index >= 15 is 0 Å². The predicted molar refractivity (Wildman–Crippen MR) is 91.1 cm³/mol. The van der Waals surface area contributed by atoms with E-state index in [1.807, 2.05) is 0 Å². The highest BCUT2D eigenvalue weighted by atomic mass is 35.5. The molecule has 1 aliphatic rings. The van der Waals surface area contributed by atoms with Gasteiger partial charge in [0.2, 0.25) is 0 Å². The van der Waals surface area contributed by atoms with Crippen molar-refractivity contribution in [2.75, 3.05) is 19.7 Å². The molecule has 26 heavy (non-hydrogen) atoms. The number of halogens is 5. The molecular weight excluding hydrogens is 374 g/mol. The van der Waals surface area contributed by atoms with Crippen LogP contribution in [-0.4, -0.2) is 25.8 Å². The average molecular weight is 392 g/mol. The van der Waals surface area contributed by atoms with Crippen LogP contribution in [0, 0.1) is 5.82 Å². The molecule has 0 bridgehead atoms. The highest BCUT2D eigenvalue weighted by Gasteiger charge is 2.31. The molecule has 2 aromatic carbocycles. The van der Waals surface area contributed by atoms with Gasteiger partial charge in [0, 0.05) is 13.1 Å². The SMILES string of the molecule is Cl.Fc1cccc(C(Oc2ccc(C(F)(F)F)cc2)[C@@H]2CNCCO2)c1. The number of alkyl halides is 3. The lowest BCUT2D eigenvalue weighted by molar-refractivity contribution is -0.137. The fraction of sp³-hybridized carbons (Fsp3) is 0.333. The van der Waals surface area contributed by atoms with E-state index in [1.54, 1.807) is 12.1 Å². The van der Waals surface area contributed by atoms with Gasteiger partial charge < -0.3 is 14.8 Å². The molecule has 2 aromatic rings. The van der Waals surface area contributed by atoms with Crippen molar-refractivity contribution in [1.82, 2.24) is 5.32 Å². The first-order chi connectivity index (χ1) is 11.9. The third kappa shape index (κ3) is 5.09. The molecule has 1 N–H and O–H groups in total. The van der Waals surface area contributed by atoms with Crippen LogP contribution in [0.15, 0.2) is 48.5 Å². The lowest BCUT2D eigenvalue weighted by Crippen LogP contribution is -2.43. The fourth-order valence-electron chi connectivity index (χ4n) is 2.69. The Bertz CT molecular complexity index is 703. The van der Waals surface area contributed by atoms with Crippen LogP contribution in [-0.2, 0) is 10.9 Å². The van der Waals surface area contributed by atoms with Crippen molar-refractivity contribution < 1.29 is 27.0 Å². The van der Waals surface area contributed by atoms with Gasteiger partial charge in [0.15, 0.2) is 6.10 Å². The van der Waals surface area contributed by atoms with Gasteiger partial charge in [-0.1, -0.05) is 12.1 Å². The number of morpholine rings is 1. The lowest BCUT2D eigenvalue weighted by Gasteiger charge is -2.31. The van der Waals surface area contributed by atoms with Crippen LogP contribution in [0.2, 0.25) is 0 Å². The second kappa shape index (κ2) is 8.70. The molecule has 0 radical (unpaired) electrons. The summed E-state index contributed by atoms with van der Waals surface area (Å²) in [5.74, 6) is -0.154. The number of hydrogen-bond donors (Lipinski definition) is 1. The van der Waals surface area contributed by atoms with Crippen molar-refractivity contribution in [2.24, 2.45) is 0 Å². The quantitative estimate of drug-likeness (QED) is 0.785. The summed E-state index contributed by atoms with van der Waals surface area (Å²) in [7, 11) is 0. The van der Waals surface area contributed by atoms with E-state index in [-0.39, 0.29) is 24.3 Å². The van der Waals surface area contributed by atoms with Gasteiger partial charge in [-0.15, -0.1) is 12.4 Å². The first-order valence-corrected chi connectivity index (χ1v) is 7.85. The van der Waals surface area contributed by atoms with Crippen molar-refractivity contribution in [3.8, 4) is 5.75 Å². The molecule has 1 saturated heterocycles. The largest absolute Gasteiger partial charge is 0.483 e. The van der Waals surface area contributed by atoms with E-state index in [9.17, 15) is 17.6 Å². The standard InChI is InChI=1S/C18H17F4NO2.ClH/c19-14-3-1-2-12(10-14)17(16-11-23-8-9-24-16)25-15-6-4-13(5-7-15)18(20,21)22;/h1-7,10,16-17,23H,8-9,11H2;1H/t16-,17?;/m0./s1. The fourth-order valence-corrected chi connectivity index (χ4v) is 2.69. The van der Waals surface area contributed by atoms with E-state index in [0.29, 0.717) is 25.3 Å². The van der Waals surface area contributed by atoms with E-state index in [1.165, 1.54) is 24.3 Å². The molecule has 2 atom stereocenters. The van der Waals surface area contributed by atoms with Gasteiger partial charge in [0.05, 0.1) is 12.2 Å². The van der Waals surface area contributed by atoms with E-state index in [0.717, 1.165) is 12.1 Å². The van der Waals surface area contributed by atoms with E-state index in [2.05, 4.69) is 5.32 Å². The minimum Gasteiger partial charge on any atom is -0.483 e. The zero-order chi connectivity index (χ0) is 17.9. The van der Waals surface area contributed by atoms with Gasteiger partial charge in [-0.05, 0) is 42.0 Å². The number of rotatable bonds is 4. The molecule has 0 saturated carbocycles. The van der Waals surface area contributed by atoms with Crippen LogP contribution >= 0.6 is 12.4 Å². The van der Waals surface area contributed by atoms with Crippen LogP contribution in [0.5, 0.6) is 5.75 Å². The summed E-state index contributed by atoms with van der Waals surface area (Å²) in [6.07, 6.45) is -5.42. The minimum absolute atomic E-state index is 0. The monoisotopic (exact) mass is 391 g/mol. The summed E-state index contributed by atoms with van der Waals surface area (Å²) in [6.45, 7) is 1.68. The first-order valence-electron chi connectivity index (χ1n) is 7.85. The number of hydrogen-bond acceptors (Lipinski definition) is 3. The average Bonchev–Trinajstić information content (AvgIpc) is 2.60. The van der Waals surface area contributed by atoms with Gasteiger partial charge in [0.25, 0.3) is 0 Å². The maximum absolute atomic E-state index is 13.6. The van der Waals surface area contributed by atoms with Crippen LogP contribution in [0.3, 0.4) is 0 Å². The molecule has 3 rings (SSSR count). The van der Waals surface area contributed by atoms with Crippen LogP contribution < -0.4 is 10.1 Å². The Morgan fingerprint density at radius 3 is 2.42 bits per heavy atom. The number of ether oxygens (including phenoxy) is 2. The Balaban J connectivity index is 0.00000243. The van der Waals surface area contributed by atoms with Crippen LogP contribution in [0.4, 0.5) is 17.6 Å². The van der Waals surface area contributed by atoms with Gasteiger partial charge in [-0.25, -0.2) is 4.39 Å². The molecule has 0 spiro atoms. The summed E-state index contributed by atoms with van der Waals surface area (Å²) in [6, 6.07) is 10.3. The summed E-state index contributed by atoms with van der Waals surface area (Å²) in [5.41, 5.74) is -0.189. The normalized spacial score (nSPS) is 18.7. The zero-order valence-corrected chi connectivity index (χ0v) is 14.4. The molecule has 0 aromatic heterocycles.